The van der Waals surface area contributed by atoms with Crippen LogP contribution in [0.15, 0.2) is 121 Å². The molecule has 4 aromatic rings. The second-order valence-corrected chi connectivity index (χ2v) is 29.2. The Morgan fingerprint density at radius 1 is 0.241 bits per heavy atom. The van der Waals surface area contributed by atoms with Gasteiger partial charge in [-0.3, -0.25) is 28.8 Å². The highest BCUT2D eigenvalue weighted by Gasteiger charge is 2.24. The number of hydrogen-bond acceptors (Lipinski definition) is 28. The molecule has 4 aromatic carbocycles. The van der Waals surface area contributed by atoms with Gasteiger partial charge < -0.3 is 117 Å². The first-order valence-electron chi connectivity index (χ1n) is 38.4. The molecule has 0 radical (unpaired) electrons. The number of ketones is 6. The average Bonchev–Trinajstić information content (AvgIpc) is 1.92. The number of aliphatic carboxylic acids is 2. The van der Waals surface area contributed by atoms with E-state index in [-0.39, 0.29) is 120 Å². The van der Waals surface area contributed by atoms with E-state index in [0.717, 1.165) is 168 Å². The second kappa shape index (κ2) is 62.4. The lowest BCUT2D eigenvalue weighted by Gasteiger charge is -2.04. The van der Waals surface area contributed by atoms with E-state index in [0.29, 0.717) is 22.3 Å². The number of nitrogens with two attached hydrogens (primary N) is 8. The van der Waals surface area contributed by atoms with Crippen molar-refractivity contribution in [2.24, 2.45) is 45.9 Å². The normalized spacial score (nSPS) is 26.7. The minimum atomic E-state index is -1.38. The standard InChI is InChI=1S/4C9H10O2.8C5H11NO.2C3H4O3/c4*1-7(10)9(11)8-5-3-2-4-6-8;8*6-4-1-2-5(7)3-4;2*1-2(4)3(5)6/h4*2-6,9,11H,1H3;8*4-5,7H,1-3,6H2;2*1H3,(H,5,6)/t4*9-;4*4-,5+;;;;;;/m11000000....../s1. The van der Waals surface area contributed by atoms with E-state index in [1.165, 1.54) is 27.7 Å². The average molecular weight is 1590 g/mol. The number of carbonyl (C=O) groups is 8. The molecule has 12 rings (SSSR count). The summed E-state index contributed by atoms with van der Waals surface area (Å²) in [6.07, 6.45) is 17.0. The van der Waals surface area contributed by atoms with E-state index in [1.807, 2.05) is 24.3 Å². The summed E-state index contributed by atoms with van der Waals surface area (Å²) in [5, 5.41) is 123. The quantitative estimate of drug-likeness (QED) is 0.101. The van der Waals surface area contributed by atoms with Crippen LogP contribution in [-0.4, -0.2) is 215 Å². The van der Waals surface area contributed by atoms with Crippen molar-refractivity contribution in [3.63, 3.8) is 0 Å². The van der Waals surface area contributed by atoms with Gasteiger partial charge in [0.25, 0.3) is 0 Å². The first kappa shape index (κ1) is 107. The van der Waals surface area contributed by atoms with Crippen LogP contribution in [0.1, 0.15) is 242 Å². The smallest absolute Gasteiger partial charge is 0.371 e. The second-order valence-electron chi connectivity index (χ2n) is 29.2. The maximum absolute atomic E-state index is 10.7. The molecule has 0 heterocycles. The fraction of sp³-hybridized carbons (Fsp3) is 0.610. The van der Waals surface area contributed by atoms with Crippen molar-refractivity contribution < 1.29 is 110 Å². The first-order chi connectivity index (χ1) is 52.4. The third kappa shape index (κ3) is 57.1. The molecule has 8 aliphatic rings. The van der Waals surface area contributed by atoms with Gasteiger partial charge in [-0.15, -0.1) is 0 Å². The van der Waals surface area contributed by atoms with Crippen molar-refractivity contribution in [3.8, 4) is 0 Å². The van der Waals surface area contributed by atoms with Crippen LogP contribution in [-0.2, 0) is 38.4 Å². The van der Waals surface area contributed by atoms with E-state index in [4.69, 9.17) is 96.9 Å². The van der Waals surface area contributed by atoms with Gasteiger partial charge >= 0.3 is 11.9 Å². The van der Waals surface area contributed by atoms with Crippen molar-refractivity contribution in [2.45, 2.75) is 317 Å². The molecule has 8 aliphatic carbocycles. The molecular weight excluding hydrogens is 1450 g/mol. The molecule has 0 spiro atoms. The van der Waals surface area contributed by atoms with Gasteiger partial charge in [0.05, 0.1) is 48.8 Å². The monoisotopic (exact) mass is 1580 g/mol. The molecule has 30 heteroatoms. The van der Waals surface area contributed by atoms with Gasteiger partial charge in [-0.1, -0.05) is 121 Å². The van der Waals surface area contributed by atoms with E-state index in [1.54, 1.807) is 97.1 Å². The molecule has 112 heavy (non-hydrogen) atoms. The molecule has 8 saturated carbocycles. The molecule has 0 aromatic heterocycles. The molecule has 0 saturated heterocycles. The molecule has 30 N–H and O–H groups in total. The lowest BCUT2D eigenvalue weighted by molar-refractivity contribution is -0.148. The summed E-state index contributed by atoms with van der Waals surface area (Å²) in [4.78, 5) is 80.6. The maximum Gasteiger partial charge on any atom is 0.371 e. The fourth-order valence-corrected chi connectivity index (χ4v) is 11.4. The Labute approximate surface area is 660 Å². The van der Waals surface area contributed by atoms with Gasteiger partial charge in [0.2, 0.25) is 11.6 Å². The Bertz CT molecular complexity index is 2610. The molecule has 0 bridgehead atoms. The minimum Gasteiger partial charge on any atom is -0.476 e. The maximum atomic E-state index is 10.7. The van der Waals surface area contributed by atoms with Gasteiger partial charge in [-0.2, -0.15) is 0 Å². The highest BCUT2D eigenvalue weighted by Crippen LogP contribution is 2.22. The van der Waals surface area contributed by atoms with Crippen molar-refractivity contribution in [2.75, 3.05) is 0 Å². The van der Waals surface area contributed by atoms with E-state index >= 15 is 0 Å². The zero-order chi connectivity index (χ0) is 85.6. The number of carboxylic acid groups (broad SMARTS) is 2. The number of carbonyl (C=O) groups excluding carboxylic acids is 6. The summed E-state index contributed by atoms with van der Waals surface area (Å²) >= 11 is 0. The molecule has 20 atom stereocenters. The van der Waals surface area contributed by atoms with E-state index in [2.05, 4.69) is 0 Å². The van der Waals surface area contributed by atoms with Crippen molar-refractivity contribution in [3.05, 3.63) is 144 Å². The van der Waals surface area contributed by atoms with Gasteiger partial charge in [0.15, 0.2) is 23.1 Å². The topological polar surface area (TPSA) is 628 Å². The van der Waals surface area contributed by atoms with Crippen LogP contribution in [0.5, 0.6) is 0 Å². The number of aliphatic hydroxyl groups is 12. The van der Waals surface area contributed by atoms with Gasteiger partial charge in [0, 0.05) is 62.2 Å². The molecule has 0 amide bonds. The van der Waals surface area contributed by atoms with Crippen LogP contribution in [0.2, 0.25) is 0 Å². The predicted octanol–water partition coefficient (Wildman–Crippen LogP) is 3.42. The molecule has 30 nitrogen and oxygen atoms in total. The Balaban J connectivity index is 0. The molecule has 636 valence electrons. The van der Waals surface area contributed by atoms with E-state index < -0.39 is 47.9 Å². The first-order valence-corrected chi connectivity index (χ1v) is 38.4. The Kier molecular flexibility index (Phi) is 59.7. The summed E-state index contributed by atoms with van der Waals surface area (Å²) in [7, 11) is 0. The van der Waals surface area contributed by atoms with Crippen LogP contribution in [0.4, 0.5) is 0 Å². The summed E-state index contributed by atoms with van der Waals surface area (Å²) < 4.78 is 0. The number of rotatable bonds is 10. The van der Waals surface area contributed by atoms with Crippen LogP contribution in [0.25, 0.3) is 0 Å². The van der Waals surface area contributed by atoms with Crippen molar-refractivity contribution in [1.29, 1.82) is 0 Å². The zero-order valence-corrected chi connectivity index (χ0v) is 66.2. The Morgan fingerprint density at radius 3 is 0.402 bits per heavy atom. The number of benzene rings is 4. The highest BCUT2D eigenvalue weighted by atomic mass is 16.4. The summed E-state index contributed by atoms with van der Waals surface area (Å²) in [5.41, 5.74) is 46.3. The van der Waals surface area contributed by atoms with Crippen LogP contribution < -0.4 is 45.9 Å². The molecule has 8 fully saturated rings. The summed E-state index contributed by atoms with van der Waals surface area (Å²) in [6.45, 7) is 7.50. The third-order valence-electron chi connectivity index (χ3n) is 18.2. The van der Waals surface area contributed by atoms with Gasteiger partial charge in [0.1, 0.15) is 24.4 Å². The summed E-state index contributed by atoms with van der Waals surface area (Å²) in [5.74, 6) is -5.31. The lowest BCUT2D eigenvalue weighted by Crippen LogP contribution is -2.15. The van der Waals surface area contributed by atoms with Crippen LogP contribution >= 0.6 is 0 Å². The number of Topliss-reactive ketones (excluding diaryl/α,β-unsaturated/α-hetero) is 6. The summed E-state index contributed by atoms with van der Waals surface area (Å²) in [6, 6.07) is 37.7. The molecule has 0 aliphatic heterocycles. The van der Waals surface area contributed by atoms with Gasteiger partial charge in [-0.25, -0.2) is 9.59 Å². The number of aliphatic hydroxyl groups excluding tert-OH is 12. The van der Waals surface area contributed by atoms with Crippen LogP contribution in [0.3, 0.4) is 0 Å². The Hall–Kier alpha value is -6.96. The highest BCUT2D eigenvalue weighted by molar-refractivity contribution is 6.31. The SMILES string of the molecule is CC(=O)C(=O)O.CC(=O)C(=O)O.CC(=O)[C@@H](O)c1ccccc1.CC(=O)[C@@H](O)c1ccccc1.CC(=O)[C@H](O)c1ccccc1.CC(=O)[C@H](O)c1ccccc1.NC1CCC(O)C1.NC1CCC(O)C1.NC1CCC(O)C1.NC1CCC(O)C1.N[C@H]1CC[C@@H](O)C1.N[C@H]1CC[C@@H](O)C1.N[C@H]1CC[C@@H](O)C1.N[C@H]1CC[C@@H](O)C1. The Morgan fingerprint density at radius 2 is 0.348 bits per heavy atom. The fourth-order valence-electron chi connectivity index (χ4n) is 11.4. The largest absolute Gasteiger partial charge is 0.476 e. The van der Waals surface area contributed by atoms with E-state index in [9.17, 15) is 58.8 Å². The number of carboxylic acids is 2. The van der Waals surface area contributed by atoms with Crippen molar-refractivity contribution in [1.82, 2.24) is 0 Å². The van der Waals surface area contributed by atoms with Crippen LogP contribution in [0, 0.1) is 0 Å². The minimum absolute atomic E-state index is 0.102. The zero-order valence-electron chi connectivity index (χ0n) is 66.2. The third-order valence-corrected chi connectivity index (χ3v) is 18.2. The lowest BCUT2D eigenvalue weighted by atomic mass is 10.1. The number of hydrogen-bond donors (Lipinski definition) is 22. The molecule has 8 unspecified atom stereocenters. The predicted molar refractivity (Wildman–Crippen MR) is 428 cm³/mol. The van der Waals surface area contributed by atoms with Gasteiger partial charge in [-0.05, 0) is 204 Å². The molecular formula is C82H136N8O22. The van der Waals surface area contributed by atoms with Crippen molar-refractivity contribution >= 4 is 46.6 Å².